The fraction of sp³-hybridized carbons (Fsp3) is 0.185. The fourth-order valence-corrected chi connectivity index (χ4v) is 3.99. The molecular formula is C27H24N4O3. The molecule has 0 radical (unpaired) electrons. The normalized spacial score (nSPS) is 13.3. The summed E-state index contributed by atoms with van der Waals surface area (Å²) in [6, 6.07) is 19.5. The van der Waals surface area contributed by atoms with E-state index in [-0.39, 0.29) is 5.91 Å². The number of benzene rings is 2. The van der Waals surface area contributed by atoms with Gasteiger partial charge in [0.05, 0.1) is 30.0 Å². The molecule has 1 aliphatic rings. The number of carbonyl (C=O) groups excluding carboxylic acids is 2. The molecule has 0 aliphatic carbocycles. The van der Waals surface area contributed by atoms with Crippen molar-refractivity contribution in [3.63, 3.8) is 0 Å². The summed E-state index contributed by atoms with van der Waals surface area (Å²) in [7, 11) is 1.58. The number of hydrogen-bond donors (Lipinski definition) is 0. The molecule has 2 amide bonds. The predicted molar refractivity (Wildman–Crippen MR) is 129 cm³/mol. The number of hydrogen-bond acceptors (Lipinski definition) is 6. The maximum absolute atomic E-state index is 13.7. The van der Waals surface area contributed by atoms with Crippen LogP contribution >= 0.6 is 0 Å². The molecule has 1 aliphatic heterocycles. The summed E-state index contributed by atoms with van der Waals surface area (Å²) in [5, 5.41) is 9.10. The van der Waals surface area contributed by atoms with Crippen molar-refractivity contribution < 1.29 is 14.3 Å². The number of ether oxygens (including phenoxy) is 1. The zero-order valence-corrected chi connectivity index (χ0v) is 19.1. The van der Waals surface area contributed by atoms with Gasteiger partial charge in [-0.15, -0.1) is 0 Å². The third-order valence-electron chi connectivity index (χ3n) is 5.81. The highest BCUT2D eigenvalue weighted by Gasteiger charge is 2.42. The van der Waals surface area contributed by atoms with E-state index >= 15 is 0 Å². The Kier molecular flexibility index (Phi) is 6.69. The van der Waals surface area contributed by atoms with Gasteiger partial charge in [-0.25, -0.2) is 4.90 Å². The van der Waals surface area contributed by atoms with Gasteiger partial charge in [0.2, 0.25) is 0 Å². The largest absolute Gasteiger partial charge is 0.497 e. The van der Waals surface area contributed by atoms with Gasteiger partial charge < -0.3 is 9.64 Å². The van der Waals surface area contributed by atoms with Crippen molar-refractivity contribution >= 4 is 23.1 Å². The lowest BCUT2D eigenvalue weighted by Gasteiger charge is -2.25. The molecule has 7 heteroatoms. The minimum Gasteiger partial charge on any atom is -0.497 e. The van der Waals surface area contributed by atoms with Crippen LogP contribution in [0.25, 0.3) is 5.57 Å². The van der Waals surface area contributed by atoms with Gasteiger partial charge in [0, 0.05) is 25.5 Å². The second kappa shape index (κ2) is 10.0. The summed E-state index contributed by atoms with van der Waals surface area (Å²) < 4.78 is 5.25. The Hall–Kier alpha value is -4.44. The van der Waals surface area contributed by atoms with Crippen molar-refractivity contribution in [1.29, 1.82) is 5.26 Å². The number of carbonyl (C=O) groups is 2. The first-order valence-corrected chi connectivity index (χ1v) is 11.0. The highest BCUT2D eigenvalue weighted by atomic mass is 16.5. The number of aromatic nitrogens is 1. The van der Waals surface area contributed by atoms with Crippen LogP contribution in [-0.4, -0.2) is 41.9 Å². The first-order valence-electron chi connectivity index (χ1n) is 11.0. The molecule has 7 nitrogen and oxygen atoms in total. The van der Waals surface area contributed by atoms with E-state index in [1.165, 1.54) is 4.90 Å². The number of anilines is 1. The van der Waals surface area contributed by atoms with E-state index in [0.29, 0.717) is 53.3 Å². The second-order valence-corrected chi connectivity index (χ2v) is 7.74. The molecule has 2 heterocycles. The third kappa shape index (κ3) is 4.39. The quantitative estimate of drug-likeness (QED) is 0.483. The lowest BCUT2D eigenvalue weighted by molar-refractivity contribution is -0.120. The van der Waals surface area contributed by atoms with Crippen LogP contribution in [0.1, 0.15) is 23.6 Å². The zero-order valence-electron chi connectivity index (χ0n) is 19.1. The van der Waals surface area contributed by atoms with Gasteiger partial charge in [-0.3, -0.25) is 14.6 Å². The lowest BCUT2D eigenvalue weighted by Crippen LogP contribution is -2.36. The van der Waals surface area contributed by atoms with E-state index in [1.807, 2.05) is 24.0 Å². The summed E-state index contributed by atoms with van der Waals surface area (Å²) in [6.45, 7) is 3.09. The van der Waals surface area contributed by atoms with Gasteiger partial charge in [0.1, 0.15) is 11.4 Å². The Balaban J connectivity index is 1.75. The highest BCUT2D eigenvalue weighted by Crippen LogP contribution is 2.35. The molecule has 0 unspecified atom stereocenters. The summed E-state index contributed by atoms with van der Waals surface area (Å²) in [5.41, 5.74) is 3.36. The predicted octanol–water partition coefficient (Wildman–Crippen LogP) is 3.81. The molecule has 4 rings (SSSR count). The molecular weight excluding hydrogens is 428 g/mol. The topological polar surface area (TPSA) is 86.5 Å². The minimum atomic E-state index is -0.391. The van der Waals surface area contributed by atoms with Crippen LogP contribution in [0.2, 0.25) is 0 Å². The Morgan fingerprint density at radius 2 is 1.65 bits per heavy atom. The van der Waals surface area contributed by atoms with Gasteiger partial charge in [0.25, 0.3) is 11.8 Å². The van der Waals surface area contributed by atoms with Crippen molar-refractivity contribution in [2.75, 3.05) is 25.1 Å². The average molecular weight is 453 g/mol. The molecule has 0 fully saturated rings. The number of pyridine rings is 1. The monoisotopic (exact) mass is 452 g/mol. The van der Waals surface area contributed by atoms with Gasteiger partial charge in [-0.05, 0) is 73.0 Å². The van der Waals surface area contributed by atoms with Crippen LogP contribution < -0.4 is 9.64 Å². The first-order chi connectivity index (χ1) is 16.6. The van der Waals surface area contributed by atoms with Crippen molar-refractivity contribution in [1.82, 2.24) is 9.88 Å². The van der Waals surface area contributed by atoms with Crippen LogP contribution in [0, 0.1) is 11.3 Å². The second-order valence-electron chi connectivity index (χ2n) is 7.74. The highest BCUT2D eigenvalue weighted by molar-refractivity contribution is 6.45. The van der Waals surface area contributed by atoms with Crippen LogP contribution in [-0.2, 0) is 16.0 Å². The van der Waals surface area contributed by atoms with Crippen molar-refractivity contribution in [2.24, 2.45) is 0 Å². The molecule has 0 atom stereocenters. The van der Waals surface area contributed by atoms with E-state index in [9.17, 15) is 9.59 Å². The van der Waals surface area contributed by atoms with Gasteiger partial charge in [0.15, 0.2) is 0 Å². The maximum Gasteiger partial charge on any atom is 0.282 e. The Morgan fingerprint density at radius 3 is 2.24 bits per heavy atom. The van der Waals surface area contributed by atoms with E-state index in [4.69, 9.17) is 10.00 Å². The van der Waals surface area contributed by atoms with Gasteiger partial charge in [-0.1, -0.05) is 12.1 Å². The van der Waals surface area contributed by atoms with Crippen LogP contribution in [0.4, 0.5) is 5.69 Å². The molecule has 34 heavy (non-hydrogen) atoms. The van der Waals surface area contributed by atoms with E-state index < -0.39 is 5.91 Å². The third-order valence-corrected chi connectivity index (χ3v) is 5.81. The summed E-state index contributed by atoms with van der Waals surface area (Å²) >= 11 is 0. The minimum absolute atomic E-state index is 0.355. The molecule has 2 aromatic carbocycles. The number of amides is 2. The molecule has 3 aromatic rings. The zero-order chi connectivity index (χ0) is 24.1. The molecule has 170 valence electrons. The molecule has 0 saturated heterocycles. The van der Waals surface area contributed by atoms with E-state index in [0.717, 1.165) is 5.56 Å². The summed E-state index contributed by atoms with van der Waals surface area (Å²) in [5.74, 6) is -0.106. The van der Waals surface area contributed by atoms with Gasteiger partial charge >= 0.3 is 0 Å². The van der Waals surface area contributed by atoms with Crippen molar-refractivity contribution in [3.8, 4) is 11.8 Å². The van der Waals surface area contributed by atoms with Crippen LogP contribution in [0.15, 0.2) is 78.8 Å². The SMILES string of the molecule is CCN(CCc1ccncc1)C1=C(c2ccc(OC)cc2)C(=O)N(c2ccc(C#N)cc2)C1=O. The van der Waals surface area contributed by atoms with E-state index in [2.05, 4.69) is 11.1 Å². The molecule has 0 saturated carbocycles. The van der Waals surface area contributed by atoms with Crippen LogP contribution in [0.3, 0.4) is 0 Å². The van der Waals surface area contributed by atoms with E-state index in [1.54, 1.807) is 68.0 Å². The number of rotatable bonds is 8. The molecule has 0 spiro atoms. The molecule has 0 N–H and O–H groups in total. The smallest absolute Gasteiger partial charge is 0.282 e. The van der Waals surface area contributed by atoms with Crippen molar-refractivity contribution in [2.45, 2.75) is 13.3 Å². The lowest BCUT2D eigenvalue weighted by atomic mass is 10.0. The molecule has 0 bridgehead atoms. The fourth-order valence-electron chi connectivity index (χ4n) is 3.99. The standard InChI is InChI=1S/C27H24N4O3/c1-3-30(17-14-19-12-15-29-16-13-19)25-24(21-6-10-23(34-2)11-7-21)26(32)31(27(25)33)22-8-4-20(18-28)5-9-22/h4-13,15-16H,3,14,17H2,1-2H3. The number of likely N-dealkylation sites (N-methyl/N-ethyl adjacent to an activating group) is 1. The van der Waals surface area contributed by atoms with Gasteiger partial charge in [-0.2, -0.15) is 5.26 Å². The Morgan fingerprint density at radius 1 is 0.971 bits per heavy atom. The van der Waals surface area contributed by atoms with Crippen molar-refractivity contribution in [3.05, 3.63) is 95.4 Å². The summed E-state index contributed by atoms with van der Waals surface area (Å²) in [6.07, 6.45) is 4.18. The molecule has 1 aromatic heterocycles. The Bertz CT molecular complexity index is 1260. The maximum atomic E-state index is 13.7. The average Bonchev–Trinajstić information content (AvgIpc) is 3.15. The number of nitrogens with zero attached hydrogens (tertiary/aromatic N) is 4. The Labute approximate surface area is 198 Å². The number of imide groups is 1. The first kappa shape index (κ1) is 22.7. The summed E-state index contributed by atoms with van der Waals surface area (Å²) in [4.78, 5) is 34.5. The number of methoxy groups -OCH3 is 1. The van der Waals surface area contributed by atoms with Crippen LogP contribution in [0.5, 0.6) is 5.75 Å². The number of nitriles is 1.